The molecule has 0 aliphatic rings. The second kappa shape index (κ2) is 3.20. The Balaban J connectivity index is 2.97. The second-order valence-electron chi connectivity index (χ2n) is 2.67. The molecule has 68 valence electrons. The van der Waals surface area contributed by atoms with Gasteiger partial charge in [-0.05, 0) is 50.7 Å². The van der Waals surface area contributed by atoms with Gasteiger partial charge < -0.3 is 4.57 Å². The van der Waals surface area contributed by atoms with Crippen molar-refractivity contribution in [3.63, 3.8) is 0 Å². The highest BCUT2D eigenvalue weighted by Crippen LogP contribution is 2.24. The lowest BCUT2D eigenvalue weighted by atomic mass is 10.3. The van der Waals surface area contributed by atoms with Crippen molar-refractivity contribution in [2.75, 3.05) is 0 Å². The van der Waals surface area contributed by atoms with Crippen molar-refractivity contribution in [3.8, 4) is 0 Å². The average molecular weight is 355 g/mol. The van der Waals surface area contributed by atoms with Crippen LogP contribution in [0.3, 0.4) is 0 Å². The van der Waals surface area contributed by atoms with Gasteiger partial charge >= 0.3 is 0 Å². The first-order valence-corrected chi connectivity index (χ1v) is 5.44. The van der Waals surface area contributed by atoms with Gasteiger partial charge in [0, 0.05) is 7.05 Å². The minimum absolute atomic E-state index is 0.209. The zero-order valence-electron chi connectivity index (χ0n) is 6.68. The maximum atomic E-state index is 13.6. The predicted octanol–water partition coefficient (Wildman–Crippen LogP) is 3.08. The van der Waals surface area contributed by atoms with E-state index in [1.165, 1.54) is 0 Å². The summed E-state index contributed by atoms with van der Waals surface area (Å²) in [7, 11) is 1.78. The Bertz CT molecular complexity index is 480. The molecule has 0 fully saturated rings. The van der Waals surface area contributed by atoms with Crippen LogP contribution in [0.2, 0.25) is 0 Å². The van der Waals surface area contributed by atoms with E-state index in [4.69, 9.17) is 0 Å². The van der Waals surface area contributed by atoms with E-state index in [0.717, 1.165) is 0 Å². The Morgan fingerprint density at radius 1 is 1.54 bits per heavy atom. The van der Waals surface area contributed by atoms with E-state index in [0.29, 0.717) is 19.3 Å². The Kier molecular flexibility index (Phi) is 2.31. The highest BCUT2D eigenvalue weighted by molar-refractivity contribution is 14.1. The van der Waals surface area contributed by atoms with Crippen molar-refractivity contribution in [2.45, 2.75) is 0 Å². The van der Waals surface area contributed by atoms with Gasteiger partial charge in [0.1, 0.15) is 5.52 Å². The highest BCUT2D eigenvalue weighted by Gasteiger charge is 2.11. The fourth-order valence-electron chi connectivity index (χ4n) is 1.21. The van der Waals surface area contributed by atoms with Crippen LogP contribution in [0.4, 0.5) is 4.39 Å². The number of aromatic nitrogens is 2. The molecule has 0 saturated carbocycles. The third-order valence-electron chi connectivity index (χ3n) is 1.87. The summed E-state index contributed by atoms with van der Waals surface area (Å²) < 4.78 is 16.5. The molecule has 0 aliphatic heterocycles. The van der Waals surface area contributed by atoms with Gasteiger partial charge in [-0.15, -0.1) is 0 Å². The lowest BCUT2D eigenvalue weighted by Crippen LogP contribution is -1.92. The lowest BCUT2D eigenvalue weighted by molar-refractivity contribution is 0.624. The molecule has 0 spiro atoms. The Morgan fingerprint density at radius 2 is 2.23 bits per heavy atom. The zero-order valence-corrected chi connectivity index (χ0v) is 10.4. The van der Waals surface area contributed by atoms with Crippen LogP contribution in [0, 0.1) is 9.39 Å². The molecular weight excluding hydrogens is 350 g/mol. The SMILES string of the molecule is Cn1c(Br)nc2ccc(I)c(F)c21. The monoisotopic (exact) mass is 354 g/mol. The summed E-state index contributed by atoms with van der Waals surface area (Å²) in [5.74, 6) is -0.209. The molecule has 0 saturated heterocycles. The molecule has 2 nitrogen and oxygen atoms in total. The molecule has 0 amide bonds. The summed E-state index contributed by atoms with van der Waals surface area (Å²) >= 11 is 5.22. The quantitative estimate of drug-likeness (QED) is 0.665. The molecule has 2 aromatic rings. The number of imidazole rings is 1. The molecule has 13 heavy (non-hydrogen) atoms. The summed E-state index contributed by atoms with van der Waals surface area (Å²) in [6.45, 7) is 0. The number of aryl methyl sites for hydroxylation is 1. The summed E-state index contributed by atoms with van der Waals surface area (Å²) in [6.07, 6.45) is 0. The van der Waals surface area contributed by atoms with Crippen LogP contribution in [-0.4, -0.2) is 9.55 Å². The summed E-state index contributed by atoms with van der Waals surface area (Å²) in [6, 6.07) is 3.53. The van der Waals surface area contributed by atoms with E-state index in [1.807, 2.05) is 28.7 Å². The highest BCUT2D eigenvalue weighted by atomic mass is 127. The van der Waals surface area contributed by atoms with Crippen LogP contribution in [-0.2, 0) is 7.05 Å². The number of halogens is 3. The zero-order chi connectivity index (χ0) is 9.59. The molecule has 0 bridgehead atoms. The second-order valence-corrected chi connectivity index (χ2v) is 4.54. The Labute approximate surface area is 96.4 Å². The lowest BCUT2D eigenvalue weighted by Gasteiger charge is -1.98. The van der Waals surface area contributed by atoms with Gasteiger partial charge in [0.25, 0.3) is 0 Å². The van der Waals surface area contributed by atoms with Crippen molar-refractivity contribution in [2.24, 2.45) is 7.05 Å². The summed E-state index contributed by atoms with van der Waals surface area (Å²) in [5, 5.41) is 0. The fraction of sp³-hybridized carbons (Fsp3) is 0.125. The van der Waals surface area contributed by atoms with Crippen LogP contribution in [0.1, 0.15) is 0 Å². The topological polar surface area (TPSA) is 17.8 Å². The summed E-state index contributed by atoms with van der Waals surface area (Å²) in [4.78, 5) is 4.15. The predicted molar refractivity (Wildman–Crippen MR) is 61.1 cm³/mol. The molecule has 0 aliphatic carbocycles. The average Bonchev–Trinajstić information content (AvgIpc) is 2.37. The maximum absolute atomic E-state index is 13.6. The molecular formula is C8H5BrFIN2. The molecule has 1 heterocycles. The van der Waals surface area contributed by atoms with Gasteiger partial charge in [-0.25, -0.2) is 9.37 Å². The summed E-state index contributed by atoms with van der Waals surface area (Å²) in [5.41, 5.74) is 1.21. The first kappa shape index (κ1) is 9.39. The van der Waals surface area contributed by atoms with Gasteiger partial charge in [0.05, 0.1) is 9.09 Å². The number of hydrogen-bond acceptors (Lipinski definition) is 1. The first-order valence-electron chi connectivity index (χ1n) is 3.57. The Morgan fingerprint density at radius 3 is 2.92 bits per heavy atom. The van der Waals surface area contributed by atoms with Crippen LogP contribution in [0.5, 0.6) is 0 Å². The molecule has 0 unspecified atom stereocenters. The van der Waals surface area contributed by atoms with Gasteiger partial charge in [0.2, 0.25) is 0 Å². The van der Waals surface area contributed by atoms with E-state index in [2.05, 4.69) is 20.9 Å². The van der Waals surface area contributed by atoms with Gasteiger partial charge in [-0.3, -0.25) is 0 Å². The van der Waals surface area contributed by atoms with E-state index in [1.54, 1.807) is 17.7 Å². The Hall–Kier alpha value is -0.170. The third kappa shape index (κ3) is 1.38. The molecule has 1 aromatic heterocycles. The van der Waals surface area contributed by atoms with E-state index in [-0.39, 0.29) is 5.82 Å². The van der Waals surface area contributed by atoms with Crippen molar-refractivity contribution >= 4 is 49.6 Å². The molecule has 0 atom stereocenters. The minimum atomic E-state index is -0.209. The molecule has 0 N–H and O–H groups in total. The molecule has 1 aromatic carbocycles. The smallest absolute Gasteiger partial charge is 0.177 e. The van der Waals surface area contributed by atoms with Crippen LogP contribution in [0.15, 0.2) is 16.9 Å². The van der Waals surface area contributed by atoms with Crippen LogP contribution < -0.4 is 0 Å². The van der Waals surface area contributed by atoms with Gasteiger partial charge in [-0.2, -0.15) is 0 Å². The number of fused-ring (bicyclic) bond motifs is 1. The normalized spacial score (nSPS) is 11.1. The largest absolute Gasteiger partial charge is 0.319 e. The van der Waals surface area contributed by atoms with Crippen LogP contribution >= 0.6 is 38.5 Å². The number of benzene rings is 1. The van der Waals surface area contributed by atoms with E-state index < -0.39 is 0 Å². The van der Waals surface area contributed by atoms with Crippen molar-refractivity contribution in [1.82, 2.24) is 9.55 Å². The van der Waals surface area contributed by atoms with Crippen molar-refractivity contribution < 1.29 is 4.39 Å². The molecule has 2 rings (SSSR count). The van der Waals surface area contributed by atoms with Gasteiger partial charge in [-0.1, -0.05) is 0 Å². The van der Waals surface area contributed by atoms with Crippen molar-refractivity contribution in [3.05, 3.63) is 26.3 Å². The maximum Gasteiger partial charge on any atom is 0.177 e. The fourth-order valence-corrected chi connectivity index (χ4v) is 2.01. The minimum Gasteiger partial charge on any atom is -0.319 e. The first-order chi connectivity index (χ1) is 6.11. The van der Waals surface area contributed by atoms with E-state index >= 15 is 0 Å². The standard InChI is InChI=1S/C8H5BrFIN2/c1-13-7-5(12-8(13)9)3-2-4(11)6(7)10/h2-3H,1H3. The van der Waals surface area contributed by atoms with Gasteiger partial charge in [0.15, 0.2) is 10.6 Å². The number of nitrogens with zero attached hydrogens (tertiary/aromatic N) is 2. The van der Waals surface area contributed by atoms with E-state index in [9.17, 15) is 4.39 Å². The third-order valence-corrected chi connectivity index (χ3v) is 3.42. The van der Waals surface area contributed by atoms with Crippen molar-refractivity contribution in [1.29, 1.82) is 0 Å². The molecule has 5 heteroatoms. The van der Waals surface area contributed by atoms with Crippen LogP contribution in [0.25, 0.3) is 11.0 Å². The number of rotatable bonds is 0. The molecule has 0 radical (unpaired) electrons. The number of hydrogen-bond donors (Lipinski definition) is 0.